The molecule has 0 fully saturated rings. The van der Waals surface area contributed by atoms with Crippen molar-refractivity contribution in [2.45, 2.75) is 0 Å². The van der Waals surface area contributed by atoms with Crippen molar-refractivity contribution < 1.29 is 0 Å². The fourth-order valence-corrected chi connectivity index (χ4v) is 0. The van der Waals surface area contributed by atoms with Gasteiger partial charge in [-0.05, 0) is 0 Å². The lowest BCUT2D eigenvalue weighted by atomic mass is 10.9. The lowest BCUT2D eigenvalue weighted by Gasteiger charge is -1.16. The Labute approximate surface area is 35.7 Å². The normalized spacial score (nSPS) is 2.00. The molecular formula is C3N3-. The first kappa shape index (κ1) is 8.82. The van der Waals surface area contributed by atoms with Gasteiger partial charge >= 0.3 is 0 Å². The second kappa shape index (κ2) is 95.8. The van der Waals surface area contributed by atoms with Crippen LogP contribution in [0.15, 0.2) is 0 Å². The highest BCUT2D eigenvalue weighted by Crippen LogP contribution is 1.27. The molecule has 3 heteroatoms. The van der Waals surface area contributed by atoms with E-state index in [9.17, 15) is 0 Å². The van der Waals surface area contributed by atoms with Gasteiger partial charge in [0.05, 0.1) is 0 Å². The molecule has 0 aliphatic carbocycles. The highest BCUT2D eigenvalue weighted by Gasteiger charge is 1.39. The van der Waals surface area contributed by atoms with E-state index in [1.807, 2.05) is 0 Å². The Hall–Kier alpha value is -1.53. The fourth-order valence-electron chi connectivity index (χ4n) is 0. The molecule has 0 heterocycles. The van der Waals surface area contributed by atoms with Gasteiger partial charge in [0.1, 0.15) is 0 Å². The summed E-state index contributed by atoms with van der Waals surface area (Å²) in [4.78, 5) is 0. The van der Waals surface area contributed by atoms with Crippen molar-refractivity contribution in [2.75, 3.05) is 0 Å². The van der Waals surface area contributed by atoms with Crippen molar-refractivity contribution in [3.63, 3.8) is 0 Å². The van der Waals surface area contributed by atoms with Crippen LogP contribution in [-0.4, -0.2) is 0 Å². The number of rotatable bonds is 0. The molecule has 0 aliphatic rings. The summed E-state index contributed by atoms with van der Waals surface area (Å²) in [5, 5.41) is 20.8. The minimum atomic E-state index is 1.24. The summed E-state index contributed by atoms with van der Waals surface area (Å²) < 4.78 is 0. The molecule has 0 aromatic rings. The lowest BCUT2D eigenvalue weighted by molar-refractivity contribution is 1.49. The maximum Gasteiger partial charge on any atom is 0.181 e. The molecule has 0 bridgehead atoms. The summed E-state index contributed by atoms with van der Waals surface area (Å²) >= 11 is 0. The molecule has 0 N–H and O–H groups in total. The zero-order valence-electron chi connectivity index (χ0n) is 2.84. The third kappa shape index (κ3) is 19.0. The smallest absolute Gasteiger partial charge is 0.181 e. The summed E-state index contributed by atoms with van der Waals surface area (Å²) in [6, 6.07) is 2.47. The van der Waals surface area contributed by atoms with Crippen molar-refractivity contribution in [3.8, 4) is 12.1 Å². The van der Waals surface area contributed by atoms with E-state index in [2.05, 4.69) is 0 Å². The molecule has 0 atom stereocenters. The first-order chi connectivity index (χ1) is 2.91. The second-order valence-corrected chi connectivity index (χ2v) is 0.224. The summed E-state index contributed by atoms with van der Waals surface area (Å²) in [5.41, 5.74) is 0. The van der Waals surface area contributed by atoms with Crippen molar-refractivity contribution >= 4 is 0 Å². The third-order valence-electron chi connectivity index (χ3n) is 0.0500. The first-order valence-corrected chi connectivity index (χ1v) is 0.921. The first-order valence-electron chi connectivity index (χ1n) is 0.921. The molecular weight excluding hydrogens is 78.1 g/mol. The Morgan fingerprint density at radius 3 is 1.17 bits per heavy atom. The molecule has 28 valence electrons. The molecule has 3 nitrogen and oxygen atoms in total. The zero-order chi connectivity index (χ0) is 5.41. The highest BCUT2D eigenvalue weighted by molar-refractivity contribution is 4.99. The van der Waals surface area contributed by atoms with Crippen molar-refractivity contribution in [1.82, 2.24) is 0 Å². The van der Waals surface area contributed by atoms with Gasteiger partial charge in [0.25, 0.3) is 0 Å². The maximum absolute atomic E-state index is 7.26. The van der Waals surface area contributed by atoms with Crippen molar-refractivity contribution in [1.29, 1.82) is 15.8 Å². The van der Waals surface area contributed by atoms with Crippen molar-refractivity contribution in [3.05, 3.63) is 6.57 Å². The van der Waals surface area contributed by atoms with Gasteiger partial charge in [0.2, 0.25) is 0 Å². The minimum Gasteiger partial charge on any atom is -0.512 e. The van der Waals surface area contributed by atoms with Gasteiger partial charge in [-0.2, -0.15) is 10.5 Å². The number of nitrogens with zero attached hydrogens (tertiary/aromatic N) is 3. The fraction of sp³-hybridized carbons (Fsp3) is 0. The standard InChI is InChI=1S/C2N2.CN/c3-1-2-4;1-2/q;-1. The Bertz CT molecular complexity index is 87.4. The predicted molar refractivity (Wildman–Crippen MR) is 16.2 cm³/mol. The Morgan fingerprint density at radius 1 is 1.00 bits per heavy atom. The molecule has 0 aliphatic heterocycles. The molecule has 0 spiro atoms. The second-order valence-electron chi connectivity index (χ2n) is 0.224. The molecule has 0 radical (unpaired) electrons. The molecule has 0 saturated carbocycles. The van der Waals surface area contributed by atoms with Gasteiger partial charge in [-0.1, -0.05) is 0 Å². The largest absolute Gasteiger partial charge is 0.512 e. The van der Waals surface area contributed by atoms with Gasteiger partial charge in [0, 0.05) is 0 Å². The van der Waals surface area contributed by atoms with Crippen LogP contribution in [-0.2, 0) is 0 Å². The summed E-state index contributed by atoms with van der Waals surface area (Å²) in [6.07, 6.45) is 0. The van der Waals surface area contributed by atoms with Gasteiger partial charge in [0.15, 0.2) is 12.1 Å². The average Bonchev–Trinajstić information content (AvgIpc) is 1.72. The van der Waals surface area contributed by atoms with Crippen LogP contribution in [0.1, 0.15) is 0 Å². The minimum absolute atomic E-state index is 1.24. The molecule has 0 rings (SSSR count). The molecule has 0 saturated heterocycles. The van der Waals surface area contributed by atoms with Gasteiger partial charge < -0.3 is 11.8 Å². The van der Waals surface area contributed by atoms with Gasteiger partial charge in [-0.15, -0.1) is 0 Å². The topological polar surface area (TPSA) is 71.4 Å². The van der Waals surface area contributed by atoms with Gasteiger partial charge in [-0.3, -0.25) is 0 Å². The molecule has 6 heavy (non-hydrogen) atoms. The SMILES string of the molecule is N#CC#N.[C-]#N. The highest BCUT2D eigenvalue weighted by atomic mass is 14.3. The summed E-state index contributed by atoms with van der Waals surface area (Å²) in [7, 11) is 0. The van der Waals surface area contributed by atoms with Crippen LogP contribution >= 0.6 is 0 Å². The van der Waals surface area contributed by atoms with E-state index in [4.69, 9.17) is 22.4 Å². The quantitative estimate of drug-likeness (QED) is 0.386. The monoisotopic (exact) mass is 78.0 g/mol. The number of nitriles is 2. The van der Waals surface area contributed by atoms with Crippen LogP contribution in [0, 0.1) is 34.5 Å². The molecule has 0 amide bonds. The average molecular weight is 78.1 g/mol. The van der Waals surface area contributed by atoms with E-state index in [-0.39, 0.29) is 0 Å². The van der Waals surface area contributed by atoms with Crippen LogP contribution in [0.5, 0.6) is 0 Å². The molecule has 0 unspecified atom stereocenters. The van der Waals surface area contributed by atoms with Crippen LogP contribution in [0.4, 0.5) is 0 Å². The van der Waals surface area contributed by atoms with Crippen LogP contribution in [0.25, 0.3) is 0 Å². The van der Waals surface area contributed by atoms with E-state index in [0.717, 1.165) is 0 Å². The predicted octanol–water partition coefficient (Wildman–Crippen LogP) is 0.130. The van der Waals surface area contributed by atoms with E-state index >= 15 is 0 Å². The van der Waals surface area contributed by atoms with E-state index < -0.39 is 0 Å². The Kier molecular flexibility index (Phi) is 141. The van der Waals surface area contributed by atoms with Gasteiger partial charge in [-0.25, -0.2) is 0 Å². The van der Waals surface area contributed by atoms with E-state index in [0.29, 0.717) is 0 Å². The van der Waals surface area contributed by atoms with E-state index in [1.54, 1.807) is 0 Å². The van der Waals surface area contributed by atoms with Crippen LogP contribution in [0.2, 0.25) is 0 Å². The Morgan fingerprint density at radius 2 is 1.17 bits per heavy atom. The third-order valence-corrected chi connectivity index (χ3v) is 0.0500. The summed E-state index contributed by atoms with van der Waals surface area (Å²) in [6.45, 7) is 4.75. The van der Waals surface area contributed by atoms with E-state index in [1.165, 1.54) is 12.1 Å². The Balaban J connectivity index is 0. The zero-order valence-corrected chi connectivity index (χ0v) is 2.84. The molecule has 0 aromatic carbocycles. The van der Waals surface area contributed by atoms with Crippen molar-refractivity contribution in [2.24, 2.45) is 0 Å². The van der Waals surface area contributed by atoms with Crippen LogP contribution < -0.4 is 0 Å². The molecule has 0 aromatic heterocycles. The number of hydrogen-bond donors (Lipinski definition) is 0. The summed E-state index contributed by atoms with van der Waals surface area (Å²) in [5.74, 6) is 0. The van der Waals surface area contributed by atoms with Crippen LogP contribution in [0.3, 0.4) is 0 Å². The lowest BCUT2D eigenvalue weighted by Crippen LogP contribution is -1.26. The number of hydrogen-bond acceptors (Lipinski definition) is 3. The maximum atomic E-state index is 7.26.